The Morgan fingerprint density at radius 3 is 2.65 bits per heavy atom. The number of halogens is 2. The molecule has 6 atom stereocenters. The van der Waals surface area contributed by atoms with Gasteiger partial charge in [0.2, 0.25) is 5.95 Å². The number of aliphatic hydroxyl groups is 1. The zero-order chi connectivity index (χ0) is 33.4. The van der Waals surface area contributed by atoms with Crippen LogP contribution in [0.25, 0.3) is 21.9 Å². The average Bonchev–Trinajstić information content (AvgIpc) is 3.50. The Balaban J connectivity index is 1.41. The number of aliphatic hydroxyl groups excluding tert-OH is 1. The zero-order valence-corrected chi connectivity index (χ0v) is 27.5. The average molecular weight is 680 g/mol. The van der Waals surface area contributed by atoms with E-state index < -0.39 is 55.3 Å². The van der Waals surface area contributed by atoms with Gasteiger partial charge in [0.05, 0.1) is 12.4 Å². The Morgan fingerprint density at radius 1 is 1.22 bits per heavy atom. The quantitative estimate of drug-likeness (QED) is 0.118. The van der Waals surface area contributed by atoms with E-state index in [4.69, 9.17) is 19.7 Å². The van der Waals surface area contributed by atoms with E-state index in [1.54, 1.807) is 20.9 Å². The number of esters is 1. The van der Waals surface area contributed by atoms with E-state index in [1.165, 1.54) is 6.92 Å². The Hall–Kier alpha value is -3.40. The van der Waals surface area contributed by atoms with E-state index in [0.29, 0.717) is 0 Å². The number of fused-ring (bicyclic) bond motifs is 2. The first-order chi connectivity index (χ1) is 21.7. The molecule has 2 aromatic heterocycles. The van der Waals surface area contributed by atoms with Crippen LogP contribution in [0.15, 0.2) is 48.8 Å². The van der Waals surface area contributed by atoms with Crippen LogP contribution in [0.2, 0.25) is 0 Å². The number of alkyl halides is 2. The predicted octanol–water partition coefficient (Wildman–Crippen LogP) is 4.87. The summed E-state index contributed by atoms with van der Waals surface area (Å²) >= 11 is 0.810. The lowest BCUT2D eigenvalue weighted by Gasteiger charge is -2.28. The molecule has 1 aliphatic heterocycles. The van der Waals surface area contributed by atoms with Crippen LogP contribution in [0.5, 0.6) is 0 Å². The number of benzene rings is 2. The van der Waals surface area contributed by atoms with E-state index in [0.717, 1.165) is 45.5 Å². The molecule has 0 aliphatic carbocycles. The second-order valence-electron chi connectivity index (χ2n) is 11.3. The third-order valence-corrected chi connectivity index (χ3v) is 11.4. The number of hydrogen-bond acceptors (Lipinski definition) is 12. The lowest BCUT2D eigenvalue weighted by Crippen LogP contribution is -2.47. The van der Waals surface area contributed by atoms with Crippen molar-refractivity contribution in [2.24, 2.45) is 0 Å². The minimum atomic E-state index is -4.17. The number of rotatable bonds is 12. The summed E-state index contributed by atoms with van der Waals surface area (Å²) in [6, 6.07) is 12.1. The van der Waals surface area contributed by atoms with E-state index in [-0.39, 0.29) is 28.7 Å². The summed E-state index contributed by atoms with van der Waals surface area (Å²) in [5.41, 5.74) is 4.10. The zero-order valence-electron chi connectivity index (χ0n) is 25.8. The van der Waals surface area contributed by atoms with Crippen LogP contribution in [0, 0.1) is 0 Å². The molecule has 0 bridgehead atoms. The summed E-state index contributed by atoms with van der Waals surface area (Å²) in [5.74, 6) is -3.67. The highest BCUT2D eigenvalue weighted by atomic mass is 32.7. The number of hydrogen-bond donors (Lipinski definition) is 4. The fourth-order valence-corrected chi connectivity index (χ4v) is 8.84. The standard InChI is InChI=1S/C29H36F2N7O6PS/c1-16(2)43-24(39)17(3)37-45(41,46-13-19-11-8-10-18-9-6-7-12-20(18)19)42-14-29(31)25(40)28(4,30)26(44-29)38-15-34-21-22(33-5)35-27(32)36-23(21)38/h6-12,15-17,25-26,40H,13-14H2,1-5H3,(H,37,41)(H3,32,33,35,36)/t17-,25+,26-,28-,29-,45?/m1/s1. The molecule has 4 aromatic rings. The largest absolute Gasteiger partial charge is 0.462 e. The van der Waals surface area contributed by atoms with E-state index in [1.807, 2.05) is 42.5 Å². The highest BCUT2D eigenvalue weighted by molar-refractivity contribution is 8.55. The van der Waals surface area contributed by atoms with Gasteiger partial charge in [0, 0.05) is 12.8 Å². The maximum absolute atomic E-state index is 16.4. The number of nitrogen functional groups attached to an aromatic ring is 1. The normalized spacial score (nSPS) is 25.2. The topological polar surface area (TPSA) is 176 Å². The van der Waals surface area contributed by atoms with Gasteiger partial charge in [0.25, 0.3) is 5.85 Å². The molecule has 0 spiro atoms. The molecule has 248 valence electrons. The summed E-state index contributed by atoms with van der Waals surface area (Å²) in [5, 5.41) is 18.2. The molecule has 5 N–H and O–H groups in total. The number of nitrogens with two attached hydrogens (primary N) is 1. The molecular formula is C29H36F2N7O6PS. The molecule has 0 saturated carbocycles. The van der Waals surface area contributed by atoms with Gasteiger partial charge in [-0.05, 0) is 55.4 Å². The van der Waals surface area contributed by atoms with Gasteiger partial charge in [0.1, 0.15) is 12.6 Å². The van der Waals surface area contributed by atoms with Crippen molar-refractivity contribution < 1.29 is 37.2 Å². The van der Waals surface area contributed by atoms with Crippen molar-refractivity contribution in [1.29, 1.82) is 0 Å². The number of anilines is 2. The molecule has 2 aromatic carbocycles. The summed E-state index contributed by atoms with van der Waals surface area (Å²) in [6.07, 6.45) is -3.46. The maximum atomic E-state index is 16.4. The van der Waals surface area contributed by atoms with Crippen molar-refractivity contribution in [3.63, 3.8) is 0 Å². The van der Waals surface area contributed by atoms with Gasteiger partial charge < -0.3 is 30.2 Å². The van der Waals surface area contributed by atoms with Crippen molar-refractivity contribution in [3.8, 4) is 0 Å². The minimum Gasteiger partial charge on any atom is -0.462 e. The molecule has 1 saturated heterocycles. The molecular weight excluding hydrogens is 643 g/mol. The predicted molar refractivity (Wildman–Crippen MR) is 171 cm³/mol. The summed E-state index contributed by atoms with van der Waals surface area (Å²) < 4.78 is 64.3. The van der Waals surface area contributed by atoms with Crippen LogP contribution in [-0.2, 0) is 29.1 Å². The molecule has 1 fully saturated rings. The highest BCUT2D eigenvalue weighted by Crippen LogP contribution is 2.59. The number of carbonyl (C=O) groups excluding carboxylic acids is 1. The van der Waals surface area contributed by atoms with Crippen LogP contribution < -0.4 is 16.1 Å². The number of ether oxygens (including phenoxy) is 2. The number of aromatic nitrogens is 4. The molecule has 1 aliphatic rings. The van der Waals surface area contributed by atoms with E-state index in [2.05, 4.69) is 25.4 Å². The van der Waals surface area contributed by atoms with Gasteiger partial charge in [-0.15, -0.1) is 0 Å². The van der Waals surface area contributed by atoms with Crippen LogP contribution in [0.4, 0.5) is 20.5 Å². The third-order valence-electron chi connectivity index (χ3n) is 7.42. The van der Waals surface area contributed by atoms with Gasteiger partial charge in [0.15, 0.2) is 35.0 Å². The Labute approximate surface area is 267 Å². The molecule has 3 heterocycles. The van der Waals surface area contributed by atoms with Crippen molar-refractivity contribution >= 4 is 57.8 Å². The smallest absolute Gasteiger partial charge is 0.327 e. The minimum absolute atomic E-state index is 0.0264. The Bertz CT molecular complexity index is 1790. The second kappa shape index (κ2) is 13.0. The molecule has 5 rings (SSSR count). The van der Waals surface area contributed by atoms with Crippen LogP contribution in [-0.4, -0.2) is 74.0 Å². The molecule has 1 unspecified atom stereocenters. The number of nitrogens with zero attached hydrogens (tertiary/aromatic N) is 4. The molecule has 46 heavy (non-hydrogen) atoms. The van der Waals surface area contributed by atoms with Crippen molar-refractivity contribution in [2.75, 3.05) is 24.7 Å². The maximum Gasteiger partial charge on any atom is 0.327 e. The lowest BCUT2D eigenvalue weighted by molar-refractivity contribution is -0.201. The fourth-order valence-electron chi connectivity index (χ4n) is 5.12. The second-order valence-corrected chi connectivity index (χ2v) is 15.6. The Morgan fingerprint density at radius 2 is 1.93 bits per heavy atom. The van der Waals surface area contributed by atoms with Crippen LogP contribution in [0.1, 0.15) is 39.5 Å². The van der Waals surface area contributed by atoms with Gasteiger partial charge in [-0.25, -0.2) is 18.9 Å². The van der Waals surface area contributed by atoms with Gasteiger partial charge >= 0.3 is 12.7 Å². The number of nitrogens with one attached hydrogen (secondary N) is 2. The van der Waals surface area contributed by atoms with Crippen LogP contribution >= 0.6 is 18.1 Å². The molecule has 0 amide bonds. The SMILES string of the molecule is CNc1nc(N)nc2c1ncn2[C@@H]1O[C@](F)(COP(=O)(N[C@H](C)C(=O)OC(C)C)SCc2cccc3ccccc23)[C@@H](O)[C@@]1(C)F. The van der Waals surface area contributed by atoms with Gasteiger partial charge in [-0.1, -0.05) is 42.5 Å². The summed E-state index contributed by atoms with van der Waals surface area (Å²) in [7, 11) is 1.58. The lowest BCUT2D eigenvalue weighted by atomic mass is 9.97. The molecule has 13 nitrogen and oxygen atoms in total. The highest BCUT2D eigenvalue weighted by Gasteiger charge is 2.65. The number of imidazole rings is 1. The van der Waals surface area contributed by atoms with Crippen molar-refractivity contribution in [3.05, 3.63) is 54.4 Å². The van der Waals surface area contributed by atoms with Gasteiger partial charge in [-0.3, -0.25) is 13.9 Å². The fraction of sp³-hybridized carbons (Fsp3) is 0.448. The third kappa shape index (κ3) is 6.68. The monoisotopic (exact) mass is 679 g/mol. The first-order valence-corrected chi connectivity index (χ1v) is 17.6. The van der Waals surface area contributed by atoms with E-state index in [9.17, 15) is 14.5 Å². The van der Waals surface area contributed by atoms with Crippen molar-refractivity contribution in [1.82, 2.24) is 24.6 Å². The van der Waals surface area contributed by atoms with Crippen molar-refractivity contribution in [2.45, 2.75) is 69.4 Å². The first-order valence-electron chi connectivity index (χ1n) is 14.4. The van der Waals surface area contributed by atoms with Gasteiger partial charge in [-0.2, -0.15) is 9.97 Å². The number of carbonyl (C=O) groups is 1. The van der Waals surface area contributed by atoms with E-state index >= 15 is 8.78 Å². The summed E-state index contributed by atoms with van der Waals surface area (Å²) in [4.78, 5) is 24.9. The van der Waals surface area contributed by atoms with Crippen LogP contribution in [0.3, 0.4) is 0 Å². The first kappa shape index (κ1) is 33.9. The summed E-state index contributed by atoms with van der Waals surface area (Å²) in [6.45, 7) is 0.380. The molecule has 17 heteroatoms. The Kier molecular flexibility index (Phi) is 9.60. The molecule has 0 radical (unpaired) electrons.